The van der Waals surface area contributed by atoms with E-state index in [1.165, 1.54) is 12.5 Å². The molecule has 0 radical (unpaired) electrons. The van der Waals surface area contributed by atoms with Gasteiger partial charge >= 0.3 is 0 Å². The Kier molecular flexibility index (Phi) is 5.08. The summed E-state index contributed by atoms with van der Waals surface area (Å²) in [5, 5.41) is 30.7. The number of aromatic nitrogens is 2. The van der Waals surface area contributed by atoms with Crippen molar-refractivity contribution in [2.45, 2.75) is 24.5 Å². The second kappa shape index (κ2) is 6.83. The molecule has 4 atom stereocenters. The molecule has 1 saturated heterocycles. The summed E-state index contributed by atoms with van der Waals surface area (Å²) >= 11 is 0. The number of carbonyl (C=O) groups excluding carboxylic acids is 1. The normalized spacial score (nSPS) is 28.2. The Morgan fingerprint density at radius 1 is 1.55 bits per heavy atom. The Morgan fingerprint density at radius 3 is 2.86 bits per heavy atom. The molecule has 122 valence electrons. The van der Waals surface area contributed by atoms with Gasteiger partial charge in [0.05, 0.1) is 19.1 Å². The highest BCUT2D eigenvalue weighted by molar-refractivity contribution is 5.92. The predicted molar refractivity (Wildman–Crippen MR) is 75.7 cm³/mol. The minimum absolute atomic E-state index is 0.128. The average molecular weight is 313 g/mol. The maximum atomic E-state index is 12.0. The van der Waals surface area contributed by atoms with Gasteiger partial charge in [-0.1, -0.05) is 0 Å². The molecule has 0 bridgehead atoms. The molecule has 2 rings (SSSR count). The first-order valence-electron chi connectivity index (χ1n) is 6.61. The monoisotopic (exact) mass is 313 g/mol. The molecule has 0 aromatic carbocycles. The van der Waals surface area contributed by atoms with Gasteiger partial charge in [-0.05, 0) is 0 Å². The standard InChI is InChI=1S/C12H19N5O5/c1-17(2)5-14-12-13-3-6(15-12)10(21)16-11-9(20)8(19)7(4-18)22-11/h3,5,7-9,11,18-20H,4H2,1-2H3,(H,13,15)(H,16,21)/t7-,8-,9-,11-/m1/s1. The van der Waals surface area contributed by atoms with Gasteiger partial charge in [0.25, 0.3) is 5.91 Å². The fraction of sp³-hybridized carbons (Fsp3) is 0.583. The van der Waals surface area contributed by atoms with Crippen molar-refractivity contribution in [3.8, 4) is 0 Å². The molecule has 22 heavy (non-hydrogen) atoms. The van der Waals surface area contributed by atoms with E-state index in [0.29, 0.717) is 0 Å². The summed E-state index contributed by atoms with van der Waals surface area (Å²) in [6, 6.07) is 0. The van der Waals surface area contributed by atoms with E-state index >= 15 is 0 Å². The van der Waals surface area contributed by atoms with Crippen LogP contribution in [-0.2, 0) is 4.74 Å². The Balaban J connectivity index is 1.98. The molecule has 1 aromatic heterocycles. The maximum absolute atomic E-state index is 12.0. The van der Waals surface area contributed by atoms with E-state index in [0.717, 1.165) is 0 Å². The number of amides is 1. The van der Waals surface area contributed by atoms with Crippen LogP contribution in [-0.4, -0.2) is 87.7 Å². The molecule has 1 fully saturated rings. The second-order valence-electron chi connectivity index (χ2n) is 5.06. The van der Waals surface area contributed by atoms with E-state index in [9.17, 15) is 15.0 Å². The van der Waals surface area contributed by atoms with Crippen molar-refractivity contribution in [1.82, 2.24) is 20.2 Å². The van der Waals surface area contributed by atoms with Gasteiger partial charge in [-0.15, -0.1) is 0 Å². The fourth-order valence-electron chi connectivity index (χ4n) is 1.89. The molecular weight excluding hydrogens is 294 g/mol. The number of imidazole rings is 1. The summed E-state index contributed by atoms with van der Waals surface area (Å²) in [6.07, 6.45) is -1.84. The molecule has 0 saturated carbocycles. The number of carbonyl (C=O) groups is 1. The van der Waals surface area contributed by atoms with E-state index < -0.39 is 37.1 Å². The number of aromatic amines is 1. The van der Waals surface area contributed by atoms with Crippen LogP contribution in [0.3, 0.4) is 0 Å². The molecule has 10 nitrogen and oxygen atoms in total. The Hall–Kier alpha value is -2.01. The average Bonchev–Trinajstić information content (AvgIpc) is 3.05. The van der Waals surface area contributed by atoms with E-state index in [-0.39, 0.29) is 11.6 Å². The van der Waals surface area contributed by atoms with Gasteiger partial charge in [0.15, 0.2) is 6.23 Å². The minimum Gasteiger partial charge on any atom is -0.394 e. The molecule has 1 aromatic rings. The highest BCUT2D eigenvalue weighted by atomic mass is 16.6. The third-order valence-corrected chi connectivity index (χ3v) is 3.03. The van der Waals surface area contributed by atoms with Crippen molar-refractivity contribution < 1.29 is 24.9 Å². The van der Waals surface area contributed by atoms with E-state index in [1.807, 2.05) is 0 Å². The molecule has 1 amide bonds. The lowest BCUT2D eigenvalue weighted by molar-refractivity contribution is -0.0304. The number of nitrogens with one attached hydrogen (secondary N) is 2. The quantitative estimate of drug-likeness (QED) is 0.306. The largest absolute Gasteiger partial charge is 0.394 e. The van der Waals surface area contributed by atoms with Crippen LogP contribution in [0.4, 0.5) is 5.95 Å². The van der Waals surface area contributed by atoms with Crippen molar-refractivity contribution in [2.75, 3.05) is 20.7 Å². The van der Waals surface area contributed by atoms with Gasteiger partial charge in [-0.25, -0.2) is 9.98 Å². The number of aliphatic imine (C=N–C) groups is 1. The Bertz CT molecular complexity index is 546. The van der Waals surface area contributed by atoms with Gasteiger partial charge in [-0.3, -0.25) is 4.79 Å². The molecule has 10 heteroatoms. The fourth-order valence-corrected chi connectivity index (χ4v) is 1.89. The van der Waals surface area contributed by atoms with Crippen molar-refractivity contribution in [3.05, 3.63) is 11.9 Å². The van der Waals surface area contributed by atoms with Gasteiger partial charge in [-0.2, -0.15) is 0 Å². The van der Waals surface area contributed by atoms with E-state index in [2.05, 4.69) is 20.3 Å². The van der Waals surface area contributed by atoms with Crippen LogP contribution in [0.5, 0.6) is 0 Å². The number of aliphatic hydroxyl groups excluding tert-OH is 3. The summed E-state index contributed by atoms with van der Waals surface area (Å²) in [6.45, 7) is -0.460. The number of rotatable bonds is 5. The number of hydrogen-bond acceptors (Lipinski definition) is 7. The lowest BCUT2D eigenvalue weighted by atomic mass is 10.1. The van der Waals surface area contributed by atoms with Crippen LogP contribution in [0.25, 0.3) is 0 Å². The van der Waals surface area contributed by atoms with Crippen LogP contribution < -0.4 is 5.32 Å². The van der Waals surface area contributed by atoms with Crippen LogP contribution in [0, 0.1) is 0 Å². The number of aliphatic hydroxyl groups is 3. The van der Waals surface area contributed by atoms with Crippen molar-refractivity contribution in [3.63, 3.8) is 0 Å². The first-order chi connectivity index (χ1) is 10.4. The molecular formula is C12H19N5O5. The number of hydrogen-bond donors (Lipinski definition) is 5. The number of H-pyrrole nitrogens is 1. The van der Waals surface area contributed by atoms with E-state index in [4.69, 9.17) is 9.84 Å². The highest BCUT2D eigenvalue weighted by Crippen LogP contribution is 2.19. The summed E-state index contributed by atoms with van der Waals surface area (Å²) in [7, 11) is 3.59. The minimum atomic E-state index is -1.32. The smallest absolute Gasteiger partial charge is 0.271 e. The predicted octanol–water partition coefficient (Wildman–Crippen LogP) is -2.20. The van der Waals surface area contributed by atoms with Gasteiger partial charge in [0, 0.05) is 14.1 Å². The lowest BCUT2D eigenvalue weighted by Crippen LogP contribution is -2.43. The molecule has 1 aliphatic heterocycles. The Labute approximate surface area is 126 Å². The van der Waals surface area contributed by atoms with Crippen molar-refractivity contribution in [2.24, 2.45) is 4.99 Å². The zero-order chi connectivity index (χ0) is 16.3. The summed E-state index contributed by atoms with van der Waals surface area (Å²) < 4.78 is 5.16. The molecule has 1 aliphatic rings. The summed E-state index contributed by atoms with van der Waals surface area (Å²) in [5.74, 6) is -0.325. The first-order valence-corrected chi connectivity index (χ1v) is 6.61. The number of nitrogens with zero attached hydrogens (tertiary/aromatic N) is 3. The van der Waals surface area contributed by atoms with Crippen LogP contribution in [0.1, 0.15) is 10.5 Å². The molecule has 0 spiro atoms. The van der Waals surface area contributed by atoms with Crippen LogP contribution in [0.2, 0.25) is 0 Å². The van der Waals surface area contributed by atoms with Gasteiger partial charge in [0.1, 0.15) is 24.0 Å². The third kappa shape index (κ3) is 3.60. The van der Waals surface area contributed by atoms with Gasteiger partial charge in [0.2, 0.25) is 5.95 Å². The van der Waals surface area contributed by atoms with Crippen molar-refractivity contribution >= 4 is 18.2 Å². The second-order valence-corrected chi connectivity index (χ2v) is 5.06. The molecule has 0 aliphatic carbocycles. The zero-order valence-electron chi connectivity index (χ0n) is 12.2. The SMILES string of the molecule is CN(C)C=Nc1ncc(C(=O)N[C@@H]2O[C@H](CO)[C@@H](O)[C@H]2O)[nH]1. The third-order valence-electron chi connectivity index (χ3n) is 3.03. The van der Waals surface area contributed by atoms with Crippen LogP contribution >= 0.6 is 0 Å². The summed E-state index contributed by atoms with van der Waals surface area (Å²) in [4.78, 5) is 24.3. The Morgan fingerprint density at radius 2 is 2.27 bits per heavy atom. The maximum Gasteiger partial charge on any atom is 0.271 e. The van der Waals surface area contributed by atoms with Crippen LogP contribution in [0.15, 0.2) is 11.2 Å². The molecule has 0 unspecified atom stereocenters. The molecule has 5 N–H and O–H groups in total. The topological polar surface area (TPSA) is 143 Å². The van der Waals surface area contributed by atoms with E-state index in [1.54, 1.807) is 19.0 Å². The highest BCUT2D eigenvalue weighted by Gasteiger charge is 2.43. The zero-order valence-corrected chi connectivity index (χ0v) is 12.2. The number of ether oxygens (including phenoxy) is 1. The first kappa shape index (κ1) is 16.4. The summed E-state index contributed by atoms with van der Waals surface area (Å²) in [5.41, 5.74) is 0.128. The van der Waals surface area contributed by atoms with Crippen molar-refractivity contribution in [1.29, 1.82) is 0 Å². The van der Waals surface area contributed by atoms with Gasteiger partial charge < -0.3 is 35.3 Å². The lowest BCUT2D eigenvalue weighted by Gasteiger charge is -2.15. The molecule has 2 heterocycles.